The van der Waals surface area contributed by atoms with Gasteiger partial charge in [-0.25, -0.2) is 0 Å². The maximum absolute atomic E-state index is 12.4. The van der Waals surface area contributed by atoms with Crippen molar-refractivity contribution in [2.45, 2.75) is 40.2 Å². The van der Waals surface area contributed by atoms with Gasteiger partial charge in [-0.2, -0.15) is 0 Å². The Hall–Kier alpha value is -2.04. The van der Waals surface area contributed by atoms with Gasteiger partial charge in [-0.15, -0.1) is 0 Å². The number of hydrogen-bond donors (Lipinski definition) is 2. The van der Waals surface area contributed by atoms with E-state index in [0.29, 0.717) is 6.54 Å². The second-order valence-electron chi connectivity index (χ2n) is 5.82. The number of nitrogens with zero attached hydrogens (tertiary/aromatic N) is 1. The maximum atomic E-state index is 12.4. The molecule has 0 saturated carbocycles. The highest BCUT2D eigenvalue weighted by Gasteiger charge is 2.33. The number of phenols is 1. The Morgan fingerprint density at radius 2 is 1.95 bits per heavy atom. The number of hydrogen-bond acceptors (Lipinski definition) is 3. The Kier molecular flexibility index (Phi) is 5.35. The Bertz CT molecular complexity index is 525. The first kappa shape index (κ1) is 17.0. The van der Waals surface area contributed by atoms with Gasteiger partial charge in [-0.05, 0) is 45.4 Å². The zero-order chi connectivity index (χ0) is 16.2. The number of aromatic hydroxyl groups is 1. The van der Waals surface area contributed by atoms with E-state index < -0.39 is 11.4 Å². The summed E-state index contributed by atoms with van der Waals surface area (Å²) < 4.78 is 0. The van der Waals surface area contributed by atoms with Crippen LogP contribution in [0.3, 0.4) is 0 Å². The van der Waals surface area contributed by atoms with Crippen LogP contribution in [-0.2, 0) is 9.59 Å². The molecular weight excluding hydrogens is 270 g/mol. The van der Waals surface area contributed by atoms with E-state index in [4.69, 9.17) is 5.11 Å². The van der Waals surface area contributed by atoms with Gasteiger partial charge in [0, 0.05) is 13.0 Å². The van der Waals surface area contributed by atoms with Crippen LogP contribution >= 0.6 is 0 Å². The summed E-state index contributed by atoms with van der Waals surface area (Å²) in [4.78, 5) is 25.2. The first-order valence-corrected chi connectivity index (χ1v) is 7.01. The number of carbonyl (C=O) groups excluding carboxylic acids is 1. The van der Waals surface area contributed by atoms with Crippen molar-refractivity contribution in [2.75, 3.05) is 6.54 Å². The molecule has 0 aliphatic carbocycles. The molecule has 0 spiro atoms. The van der Waals surface area contributed by atoms with Crippen molar-refractivity contribution in [3.8, 4) is 5.75 Å². The van der Waals surface area contributed by atoms with E-state index in [1.165, 1.54) is 0 Å². The Morgan fingerprint density at radius 1 is 1.33 bits per heavy atom. The second kappa shape index (κ2) is 6.61. The highest BCUT2D eigenvalue weighted by Crippen LogP contribution is 2.27. The lowest BCUT2D eigenvalue weighted by molar-refractivity contribution is -0.152. The fourth-order valence-electron chi connectivity index (χ4n) is 2.19. The van der Waals surface area contributed by atoms with E-state index in [1.807, 2.05) is 19.9 Å². The third kappa shape index (κ3) is 4.21. The minimum Gasteiger partial charge on any atom is -0.508 e. The average molecular weight is 293 g/mol. The number of phenolic OH excluding ortho intramolecular Hbond substituents is 1. The van der Waals surface area contributed by atoms with Gasteiger partial charge in [0.25, 0.3) is 0 Å². The molecule has 116 valence electrons. The lowest BCUT2D eigenvalue weighted by atomic mass is 9.88. The van der Waals surface area contributed by atoms with Crippen LogP contribution in [0.5, 0.6) is 5.75 Å². The standard InChI is InChI=1S/C16H23NO4/c1-5-17(14(19)10-16(3,4)15(20)21)11(2)12-7-6-8-13(18)9-12/h6-9,11,18H,5,10H2,1-4H3,(H,20,21). The molecule has 1 atom stereocenters. The molecule has 1 unspecified atom stereocenters. The fourth-order valence-corrected chi connectivity index (χ4v) is 2.19. The van der Waals surface area contributed by atoms with Crippen molar-refractivity contribution in [2.24, 2.45) is 5.41 Å². The molecule has 5 nitrogen and oxygen atoms in total. The minimum atomic E-state index is -1.09. The molecule has 0 aliphatic heterocycles. The summed E-state index contributed by atoms with van der Waals surface area (Å²) >= 11 is 0. The van der Waals surface area contributed by atoms with E-state index >= 15 is 0 Å². The SMILES string of the molecule is CCN(C(=O)CC(C)(C)C(=O)O)C(C)c1cccc(O)c1. The highest BCUT2D eigenvalue weighted by molar-refractivity contribution is 5.84. The largest absolute Gasteiger partial charge is 0.508 e. The first-order valence-electron chi connectivity index (χ1n) is 7.01. The van der Waals surface area contributed by atoms with E-state index in [1.54, 1.807) is 36.9 Å². The minimum absolute atomic E-state index is 0.0562. The van der Waals surface area contributed by atoms with Gasteiger partial charge in [-0.1, -0.05) is 12.1 Å². The van der Waals surface area contributed by atoms with E-state index in [9.17, 15) is 14.7 Å². The number of amides is 1. The molecule has 2 N–H and O–H groups in total. The summed E-state index contributed by atoms with van der Waals surface area (Å²) in [5.41, 5.74) is -0.276. The Balaban J connectivity index is 2.92. The van der Waals surface area contributed by atoms with Crippen LogP contribution in [0.4, 0.5) is 0 Å². The summed E-state index contributed by atoms with van der Waals surface area (Å²) in [6.07, 6.45) is -0.0562. The second-order valence-corrected chi connectivity index (χ2v) is 5.82. The molecule has 5 heteroatoms. The summed E-state index contributed by atoms with van der Waals surface area (Å²) in [7, 11) is 0. The van der Waals surface area contributed by atoms with Crippen molar-refractivity contribution in [3.63, 3.8) is 0 Å². The van der Waals surface area contributed by atoms with Crippen molar-refractivity contribution in [3.05, 3.63) is 29.8 Å². The van der Waals surface area contributed by atoms with Gasteiger partial charge >= 0.3 is 5.97 Å². The molecule has 1 rings (SSSR count). The number of rotatable bonds is 6. The molecular formula is C16H23NO4. The highest BCUT2D eigenvalue weighted by atomic mass is 16.4. The zero-order valence-electron chi connectivity index (χ0n) is 13.0. The molecule has 0 heterocycles. The molecule has 1 aromatic rings. The number of carboxylic acids is 1. The van der Waals surface area contributed by atoms with Crippen molar-refractivity contribution < 1.29 is 19.8 Å². The third-order valence-electron chi connectivity index (χ3n) is 3.65. The van der Waals surface area contributed by atoms with E-state index in [0.717, 1.165) is 5.56 Å². The molecule has 0 aromatic heterocycles. The molecule has 0 radical (unpaired) electrons. The molecule has 0 fully saturated rings. The summed E-state index contributed by atoms with van der Waals surface area (Å²) in [6, 6.07) is 6.52. The predicted molar refractivity (Wildman–Crippen MR) is 79.9 cm³/mol. The lowest BCUT2D eigenvalue weighted by Crippen LogP contribution is -2.38. The monoisotopic (exact) mass is 293 g/mol. The smallest absolute Gasteiger partial charge is 0.309 e. The number of aliphatic carboxylic acids is 1. The van der Waals surface area contributed by atoms with Crippen LogP contribution in [0, 0.1) is 5.41 Å². The van der Waals surface area contributed by atoms with E-state index in [-0.39, 0.29) is 24.1 Å². The van der Waals surface area contributed by atoms with Crippen LogP contribution in [0.2, 0.25) is 0 Å². The van der Waals surface area contributed by atoms with Gasteiger partial charge in [0.15, 0.2) is 0 Å². The molecule has 21 heavy (non-hydrogen) atoms. The topological polar surface area (TPSA) is 77.8 Å². The Morgan fingerprint density at radius 3 is 2.43 bits per heavy atom. The quantitative estimate of drug-likeness (QED) is 0.845. The number of benzene rings is 1. The van der Waals surface area contributed by atoms with Gasteiger partial charge in [0.05, 0.1) is 11.5 Å². The normalized spacial score (nSPS) is 12.8. The molecule has 0 aliphatic rings. The zero-order valence-corrected chi connectivity index (χ0v) is 13.0. The van der Waals surface area contributed by atoms with Crippen molar-refractivity contribution >= 4 is 11.9 Å². The Labute approximate surface area is 125 Å². The van der Waals surface area contributed by atoms with Crippen molar-refractivity contribution in [1.82, 2.24) is 4.90 Å². The summed E-state index contributed by atoms with van der Waals surface area (Å²) in [6.45, 7) is 7.28. The van der Waals surface area contributed by atoms with Crippen molar-refractivity contribution in [1.29, 1.82) is 0 Å². The third-order valence-corrected chi connectivity index (χ3v) is 3.65. The average Bonchev–Trinajstić information content (AvgIpc) is 2.38. The first-order chi connectivity index (χ1) is 9.69. The molecule has 1 amide bonds. The number of carboxylic acid groups (broad SMARTS) is 1. The lowest BCUT2D eigenvalue weighted by Gasteiger charge is -2.31. The number of carbonyl (C=O) groups is 2. The van der Waals surface area contributed by atoms with Gasteiger partial charge < -0.3 is 15.1 Å². The van der Waals surface area contributed by atoms with Gasteiger partial charge in [0.1, 0.15) is 5.75 Å². The van der Waals surface area contributed by atoms with Crippen LogP contribution in [0.25, 0.3) is 0 Å². The summed E-state index contributed by atoms with van der Waals surface area (Å²) in [5, 5.41) is 18.7. The van der Waals surface area contributed by atoms with Gasteiger partial charge in [0.2, 0.25) is 5.91 Å². The van der Waals surface area contributed by atoms with Crippen LogP contribution in [0.15, 0.2) is 24.3 Å². The molecule has 1 aromatic carbocycles. The van der Waals surface area contributed by atoms with Crippen LogP contribution in [0.1, 0.15) is 45.7 Å². The molecule has 0 saturated heterocycles. The molecule has 0 bridgehead atoms. The van der Waals surface area contributed by atoms with Crippen LogP contribution in [-0.4, -0.2) is 33.5 Å². The van der Waals surface area contributed by atoms with Crippen LogP contribution < -0.4 is 0 Å². The maximum Gasteiger partial charge on any atom is 0.309 e. The fraction of sp³-hybridized carbons (Fsp3) is 0.500. The van der Waals surface area contributed by atoms with Gasteiger partial charge in [-0.3, -0.25) is 9.59 Å². The predicted octanol–water partition coefficient (Wildman–Crippen LogP) is 2.80. The summed E-state index contributed by atoms with van der Waals surface area (Å²) in [5.74, 6) is -1.05. The van der Waals surface area contributed by atoms with E-state index in [2.05, 4.69) is 0 Å².